The highest BCUT2D eigenvalue weighted by molar-refractivity contribution is 6.05. The van der Waals surface area contributed by atoms with Gasteiger partial charge in [0.05, 0.1) is 20.6 Å². The van der Waals surface area contributed by atoms with Crippen molar-refractivity contribution < 1.29 is 14.1 Å². The summed E-state index contributed by atoms with van der Waals surface area (Å²) in [6, 6.07) is 9.12. The van der Waals surface area contributed by atoms with E-state index < -0.39 is 0 Å². The minimum absolute atomic E-state index is 0.00435. The highest BCUT2D eigenvalue weighted by atomic mass is 16.2. The first kappa shape index (κ1) is 26.6. The van der Waals surface area contributed by atoms with Crippen LogP contribution < -0.4 is 0 Å². The molecular formula is C27H46NO2+. The quantitative estimate of drug-likeness (QED) is 0.108. The van der Waals surface area contributed by atoms with Crippen LogP contribution in [-0.2, 0) is 4.79 Å². The van der Waals surface area contributed by atoms with Crippen LogP contribution in [-0.4, -0.2) is 36.8 Å². The SMILES string of the molecule is CCCCCCCCCCCCCCCC[N+](C)(C)C(=O)CC(=O)c1ccccc1. The van der Waals surface area contributed by atoms with E-state index in [1.165, 1.54) is 83.5 Å². The van der Waals surface area contributed by atoms with Crippen LogP contribution in [0.25, 0.3) is 0 Å². The number of ketones is 1. The maximum absolute atomic E-state index is 12.6. The number of Topliss-reactive ketones (excluding diaryl/α,β-unsaturated/α-hetero) is 1. The van der Waals surface area contributed by atoms with Crippen LogP contribution in [0.2, 0.25) is 0 Å². The van der Waals surface area contributed by atoms with Gasteiger partial charge in [0.2, 0.25) is 0 Å². The Morgan fingerprint density at radius 2 is 1.10 bits per heavy atom. The molecule has 0 spiro atoms. The van der Waals surface area contributed by atoms with Gasteiger partial charge < -0.3 is 0 Å². The topological polar surface area (TPSA) is 34.1 Å². The van der Waals surface area contributed by atoms with Gasteiger partial charge in [0.25, 0.3) is 0 Å². The lowest BCUT2D eigenvalue weighted by atomic mass is 10.0. The summed E-state index contributed by atoms with van der Waals surface area (Å²) in [6.45, 7) is 3.09. The van der Waals surface area contributed by atoms with Crippen molar-refractivity contribution in [3.63, 3.8) is 0 Å². The number of unbranched alkanes of at least 4 members (excludes halogenated alkanes) is 13. The van der Waals surface area contributed by atoms with E-state index in [9.17, 15) is 9.59 Å². The Morgan fingerprint density at radius 1 is 0.667 bits per heavy atom. The molecule has 0 radical (unpaired) electrons. The van der Waals surface area contributed by atoms with E-state index >= 15 is 0 Å². The maximum atomic E-state index is 12.6. The normalized spacial score (nSPS) is 11.6. The van der Waals surface area contributed by atoms with Gasteiger partial charge in [0, 0.05) is 5.56 Å². The second-order valence-corrected chi connectivity index (χ2v) is 9.36. The van der Waals surface area contributed by atoms with E-state index in [1.807, 2.05) is 32.3 Å². The Morgan fingerprint density at radius 3 is 1.57 bits per heavy atom. The van der Waals surface area contributed by atoms with E-state index in [0.717, 1.165) is 13.0 Å². The zero-order chi connectivity index (χ0) is 22.1. The first-order valence-corrected chi connectivity index (χ1v) is 12.4. The molecule has 0 saturated carbocycles. The third-order valence-corrected chi connectivity index (χ3v) is 6.15. The van der Waals surface area contributed by atoms with Crippen LogP contribution in [0.5, 0.6) is 0 Å². The molecule has 1 rings (SSSR count). The number of hydrogen-bond acceptors (Lipinski definition) is 2. The average Bonchev–Trinajstić information content (AvgIpc) is 2.74. The number of carbonyl (C=O) groups excluding carboxylic acids is 2. The third kappa shape index (κ3) is 12.3. The van der Waals surface area contributed by atoms with Gasteiger partial charge in [-0.15, -0.1) is 0 Å². The summed E-state index contributed by atoms with van der Waals surface area (Å²) in [5, 5.41) is 0. The number of benzene rings is 1. The summed E-state index contributed by atoms with van der Waals surface area (Å²) in [5.74, 6) is -0.0636. The van der Waals surface area contributed by atoms with E-state index in [-0.39, 0.29) is 18.1 Å². The van der Waals surface area contributed by atoms with Crippen molar-refractivity contribution >= 4 is 11.7 Å². The van der Waals surface area contributed by atoms with Gasteiger partial charge in [-0.3, -0.25) is 9.28 Å². The second kappa shape index (κ2) is 16.2. The molecule has 0 bridgehead atoms. The molecular weight excluding hydrogens is 370 g/mol. The Bertz CT molecular complexity index is 580. The van der Waals surface area contributed by atoms with Crippen molar-refractivity contribution in [3.05, 3.63) is 35.9 Å². The fourth-order valence-corrected chi connectivity index (χ4v) is 3.90. The lowest BCUT2D eigenvalue weighted by molar-refractivity contribution is -0.814. The minimum Gasteiger partial charge on any atom is -0.293 e. The molecule has 30 heavy (non-hydrogen) atoms. The van der Waals surface area contributed by atoms with Gasteiger partial charge in [-0.2, -0.15) is 0 Å². The molecule has 0 atom stereocenters. The summed E-state index contributed by atoms with van der Waals surface area (Å²) in [5.41, 5.74) is 0.627. The van der Waals surface area contributed by atoms with Crippen LogP contribution >= 0.6 is 0 Å². The summed E-state index contributed by atoms with van der Waals surface area (Å²) in [7, 11) is 3.87. The van der Waals surface area contributed by atoms with Gasteiger partial charge in [-0.1, -0.05) is 114 Å². The van der Waals surface area contributed by atoms with Crippen molar-refractivity contribution in [1.82, 2.24) is 0 Å². The van der Waals surface area contributed by atoms with Crippen molar-refractivity contribution in [1.29, 1.82) is 0 Å². The number of carbonyl (C=O) groups is 2. The number of quaternary nitrogens is 1. The van der Waals surface area contributed by atoms with Crippen LogP contribution in [0.3, 0.4) is 0 Å². The molecule has 170 valence electrons. The summed E-state index contributed by atoms with van der Waals surface area (Å²) < 4.78 is 0.302. The first-order valence-electron chi connectivity index (χ1n) is 12.4. The standard InChI is InChI=1S/C27H46NO2/c1-4-5-6-7-8-9-10-11-12-13-14-15-16-20-23-28(2,3)27(30)24-26(29)25-21-18-17-19-22-25/h17-19,21-22H,4-16,20,23-24H2,1-3H3/q+1. The molecule has 0 unspecified atom stereocenters. The Labute approximate surface area is 185 Å². The van der Waals surface area contributed by atoms with E-state index in [2.05, 4.69) is 6.92 Å². The van der Waals surface area contributed by atoms with Gasteiger partial charge in [0.15, 0.2) is 5.78 Å². The van der Waals surface area contributed by atoms with Gasteiger partial charge in [-0.25, -0.2) is 4.79 Å². The molecule has 0 fully saturated rings. The summed E-state index contributed by atoms with van der Waals surface area (Å²) in [6.07, 6.45) is 18.7. The molecule has 0 aliphatic carbocycles. The van der Waals surface area contributed by atoms with Crippen LogP contribution in [0.1, 0.15) is 114 Å². The van der Waals surface area contributed by atoms with Crippen LogP contribution in [0.15, 0.2) is 30.3 Å². The average molecular weight is 417 g/mol. The molecule has 0 heterocycles. The number of hydrogen-bond donors (Lipinski definition) is 0. The largest absolute Gasteiger partial charge is 0.321 e. The summed E-state index contributed by atoms with van der Waals surface area (Å²) >= 11 is 0. The Hall–Kier alpha value is -1.48. The fourth-order valence-electron chi connectivity index (χ4n) is 3.90. The molecule has 1 aromatic carbocycles. The van der Waals surface area contributed by atoms with Crippen molar-refractivity contribution in [3.8, 4) is 0 Å². The predicted octanol–water partition coefficient (Wildman–Crippen LogP) is 7.34. The summed E-state index contributed by atoms with van der Waals surface area (Å²) in [4.78, 5) is 24.8. The monoisotopic (exact) mass is 416 g/mol. The number of amides is 1. The number of nitrogens with zero attached hydrogens (tertiary/aromatic N) is 1. The van der Waals surface area contributed by atoms with E-state index in [4.69, 9.17) is 0 Å². The van der Waals surface area contributed by atoms with Crippen molar-refractivity contribution in [2.45, 2.75) is 103 Å². The zero-order valence-corrected chi connectivity index (χ0v) is 20.0. The highest BCUT2D eigenvalue weighted by Gasteiger charge is 2.28. The molecule has 3 nitrogen and oxygen atoms in total. The van der Waals surface area contributed by atoms with Gasteiger partial charge in [0.1, 0.15) is 6.42 Å². The van der Waals surface area contributed by atoms with Crippen LogP contribution in [0.4, 0.5) is 0 Å². The highest BCUT2D eigenvalue weighted by Crippen LogP contribution is 2.14. The molecule has 1 aromatic rings. The Balaban J connectivity index is 2.02. The predicted molar refractivity (Wildman–Crippen MR) is 128 cm³/mol. The molecule has 1 amide bonds. The smallest absolute Gasteiger partial charge is 0.293 e. The first-order chi connectivity index (χ1) is 14.5. The van der Waals surface area contributed by atoms with E-state index in [0.29, 0.717) is 10.0 Å². The minimum atomic E-state index is -0.0761. The van der Waals surface area contributed by atoms with Crippen LogP contribution in [0, 0.1) is 0 Å². The molecule has 0 N–H and O–H groups in total. The van der Waals surface area contributed by atoms with Gasteiger partial charge >= 0.3 is 5.91 Å². The van der Waals surface area contributed by atoms with E-state index in [1.54, 1.807) is 12.1 Å². The number of rotatable bonds is 18. The van der Waals surface area contributed by atoms with Gasteiger partial charge in [-0.05, 0) is 12.8 Å². The molecule has 0 saturated heterocycles. The lowest BCUT2D eigenvalue weighted by Gasteiger charge is -2.26. The Kier molecular flexibility index (Phi) is 14.4. The third-order valence-electron chi connectivity index (χ3n) is 6.15. The van der Waals surface area contributed by atoms with Crippen molar-refractivity contribution in [2.75, 3.05) is 20.6 Å². The molecule has 0 aromatic heterocycles. The maximum Gasteiger partial charge on any atom is 0.321 e. The zero-order valence-electron chi connectivity index (χ0n) is 20.0. The fraction of sp³-hybridized carbons (Fsp3) is 0.704. The second-order valence-electron chi connectivity index (χ2n) is 9.36. The lowest BCUT2D eigenvalue weighted by Crippen LogP contribution is -2.46. The molecule has 0 aliphatic heterocycles. The molecule has 0 aliphatic rings. The molecule has 3 heteroatoms. The van der Waals surface area contributed by atoms with Crippen molar-refractivity contribution in [2.24, 2.45) is 0 Å².